The van der Waals surface area contributed by atoms with Crippen LogP contribution in [0.5, 0.6) is 0 Å². The summed E-state index contributed by atoms with van der Waals surface area (Å²) in [5.74, 6) is -0.407. The van der Waals surface area contributed by atoms with E-state index in [9.17, 15) is 14.7 Å². The lowest BCUT2D eigenvalue weighted by molar-refractivity contribution is -0.137. The average molecular weight is 554 g/mol. The summed E-state index contributed by atoms with van der Waals surface area (Å²) in [5, 5.41) is 13.6. The van der Waals surface area contributed by atoms with E-state index in [1.807, 2.05) is 37.3 Å². The number of carboxylic acids is 1. The first-order valence-electron chi connectivity index (χ1n) is 13.4. The highest BCUT2D eigenvalue weighted by Crippen LogP contribution is 2.36. The summed E-state index contributed by atoms with van der Waals surface area (Å²) >= 11 is 1.37. The van der Waals surface area contributed by atoms with Crippen LogP contribution in [0.4, 0.5) is 4.79 Å². The standard InChI is InChI=1S/C33H31NO5S/c1-2-3-19-38-33(37)34-30(20-31(35)36)40-21-22-11-13-23(14-12-22)24-15-17-25(18-16-24)26-8-6-9-28-27-7-4-5-10-29(27)39-32(26)28/h4-18,30H,2-3,19-21H2,1H3,(H,34,37)(H,35,36). The number of thioether (sulfide) groups is 1. The van der Waals surface area contributed by atoms with Gasteiger partial charge < -0.3 is 19.6 Å². The largest absolute Gasteiger partial charge is 0.481 e. The smallest absolute Gasteiger partial charge is 0.408 e. The molecule has 0 aliphatic carbocycles. The molecule has 0 saturated carbocycles. The summed E-state index contributed by atoms with van der Waals surface area (Å²) in [6.07, 6.45) is 0.929. The molecular formula is C33H31NO5S. The first kappa shape index (κ1) is 27.3. The molecule has 0 aliphatic rings. The maximum absolute atomic E-state index is 12.0. The molecule has 0 fully saturated rings. The van der Waals surface area contributed by atoms with Gasteiger partial charge in [-0.25, -0.2) is 4.79 Å². The number of carbonyl (C=O) groups is 2. The summed E-state index contributed by atoms with van der Waals surface area (Å²) in [6.45, 7) is 2.33. The zero-order valence-corrected chi connectivity index (χ0v) is 23.1. The number of amides is 1. The molecule has 1 unspecified atom stereocenters. The van der Waals surface area contributed by atoms with Gasteiger partial charge in [0.15, 0.2) is 0 Å². The van der Waals surface area contributed by atoms with Gasteiger partial charge in [-0.1, -0.05) is 98.3 Å². The van der Waals surface area contributed by atoms with Crippen molar-refractivity contribution < 1.29 is 23.8 Å². The molecule has 6 nitrogen and oxygen atoms in total. The van der Waals surface area contributed by atoms with E-state index in [1.165, 1.54) is 11.8 Å². The fourth-order valence-electron chi connectivity index (χ4n) is 4.60. The van der Waals surface area contributed by atoms with Gasteiger partial charge >= 0.3 is 12.1 Å². The van der Waals surface area contributed by atoms with Crippen LogP contribution in [0.1, 0.15) is 31.7 Å². The summed E-state index contributed by atoms with van der Waals surface area (Å²) in [5.41, 5.74) is 7.15. The van der Waals surface area contributed by atoms with Crippen molar-refractivity contribution in [1.82, 2.24) is 5.32 Å². The predicted octanol–water partition coefficient (Wildman–Crippen LogP) is 8.48. The van der Waals surface area contributed by atoms with Crippen LogP contribution in [-0.2, 0) is 15.3 Å². The van der Waals surface area contributed by atoms with Crippen molar-refractivity contribution in [2.24, 2.45) is 0 Å². The first-order valence-corrected chi connectivity index (χ1v) is 14.4. The normalized spacial score (nSPS) is 11.9. The third-order valence-electron chi connectivity index (χ3n) is 6.71. The zero-order chi connectivity index (χ0) is 27.9. The van der Waals surface area contributed by atoms with E-state index in [-0.39, 0.29) is 6.42 Å². The Kier molecular flexibility index (Phi) is 8.71. The second kappa shape index (κ2) is 12.7. The first-order chi connectivity index (χ1) is 19.5. The lowest BCUT2D eigenvalue weighted by Gasteiger charge is -2.16. The number of aliphatic carboxylic acids is 1. The Balaban J connectivity index is 1.25. The number of benzene rings is 4. The summed E-state index contributed by atoms with van der Waals surface area (Å²) < 4.78 is 11.3. The molecule has 0 bridgehead atoms. The van der Waals surface area contributed by atoms with Crippen molar-refractivity contribution in [2.75, 3.05) is 6.61 Å². The van der Waals surface area contributed by atoms with Crippen molar-refractivity contribution in [2.45, 2.75) is 37.3 Å². The van der Waals surface area contributed by atoms with Gasteiger partial charge in [-0.05, 0) is 34.7 Å². The van der Waals surface area contributed by atoms with E-state index in [1.54, 1.807) is 0 Å². The third kappa shape index (κ3) is 6.49. The molecule has 2 N–H and O–H groups in total. The minimum Gasteiger partial charge on any atom is -0.481 e. The van der Waals surface area contributed by atoms with Gasteiger partial charge in [0, 0.05) is 22.1 Å². The Bertz CT molecular complexity index is 1610. The molecule has 1 amide bonds. The summed E-state index contributed by atoms with van der Waals surface area (Å²) in [7, 11) is 0. The molecule has 1 aromatic heterocycles. The highest BCUT2D eigenvalue weighted by atomic mass is 32.2. The van der Waals surface area contributed by atoms with Crippen LogP contribution in [0, 0.1) is 0 Å². The highest BCUT2D eigenvalue weighted by molar-refractivity contribution is 7.99. The number of hydrogen-bond donors (Lipinski definition) is 2. The molecule has 0 aliphatic heterocycles. The lowest BCUT2D eigenvalue weighted by Crippen LogP contribution is -2.35. The molecule has 5 aromatic rings. The van der Waals surface area contributed by atoms with Crippen molar-refractivity contribution in [3.63, 3.8) is 0 Å². The number of furan rings is 1. The summed E-state index contributed by atoms with van der Waals surface area (Å²) in [4.78, 5) is 23.3. The molecule has 7 heteroatoms. The predicted molar refractivity (Wildman–Crippen MR) is 161 cm³/mol. The Morgan fingerprint density at radius 2 is 1.55 bits per heavy atom. The molecule has 1 atom stereocenters. The van der Waals surface area contributed by atoms with Gasteiger partial charge in [-0.3, -0.25) is 4.79 Å². The zero-order valence-electron chi connectivity index (χ0n) is 22.3. The summed E-state index contributed by atoms with van der Waals surface area (Å²) in [6, 6.07) is 31.0. The third-order valence-corrected chi connectivity index (χ3v) is 7.90. The van der Waals surface area contributed by atoms with Crippen molar-refractivity contribution >= 4 is 45.8 Å². The maximum atomic E-state index is 12.0. The van der Waals surface area contributed by atoms with Gasteiger partial charge in [0.05, 0.1) is 18.4 Å². The Morgan fingerprint density at radius 3 is 2.27 bits per heavy atom. The molecular weight excluding hydrogens is 522 g/mol. The number of carbonyl (C=O) groups excluding carboxylic acids is 1. The van der Waals surface area contributed by atoms with Gasteiger partial charge in [-0.2, -0.15) is 0 Å². The van der Waals surface area contributed by atoms with E-state index in [0.717, 1.165) is 62.6 Å². The number of fused-ring (bicyclic) bond motifs is 3. The van der Waals surface area contributed by atoms with Gasteiger partial charge in [0.2, 0.25) is 0 Å². The monoisotopic (exact) mass is 553 g/mol. The van der Waals surface area contributed by atoms with Crippen molar-refractivity contribution in [1.29, 1.82) is 0 Å². The number of para-hydroxylation sites is 2. The van der Waals surface area contributed by atoms with Crippen LogP contribution >= 0.6 is 11.8 Å². The van der Waals surface area contributed by atoms with Gasteiger partial charge in [-0.15, -0.1) is 11.8 Å². The number of ether oxygens (including phenoxy) is 1. The number of carboxylic acid groups (broad SMARTS) is 1. The molecule has 5 rings (SSSR count). The topological polar surface area (TPSA) is 88.8 Å². The van der Waals surface area contributed by atoms with Gasteiger partial charge in [0.25, 0.3) is 0 Å². The molecule has 0 saturated heterocycles. The molecule has 4 aromatic carbocycles. The molecule has 0 radical (unpaired) electrons. The molecule has 1 heterocycles. The fraction of sp³-hybridized carbons (Fsp3) is 0.212. The molecule has 0 spiro atoms. The lowest BCUT2D eigenvalue weighted by atomic mass is 9.98. The minimum absolute atomic E-state index is 0.181. The van der Waals surface area contributed by atoms with Crippen molar-refractivity contribution in [3.8, 4) is 22.3 Å². The highest BCUT2D eigenvalue weighted by Gasteiger charge is 2.17. The number of hydrogen-bond acceptors (Lipinski definition) is 5. The van der Waals surface area contributed by atoms with E-state index in [0.29, 0.717) is 12.4 Å². The van der Waals surface area contributed by atoms with Crippen LogP contribution in [0.2, 0.25) is 0 Å². The number of nitrogens with one attached hydrogen (secondary N) is 1. The number of unbranched alkanes of at least 4 members (excludes halogenated alkanes) is 1. The van der Waals surface area contributed by atoms with Crippen LogP contribution in [0.15, 0.2) is 95.4 Å². The van der Waals surface area contributed by atoms with E-state index < -0.39 is 17.4 Å². The van der Waals surface area contributed by atoms with Gasteiger partial charge in [0.1, 0.15) is 11.2 Å². The average Bonchev–Trinajstić information content (AvgIpc) is 3.35. The Labute approximate surface area is 237 Å². The minimum atomic E-state index is -0.971. The molecule has 204 valence electrons. The van der Waals surface area contributed by atoms with Crippen molar-refractivity contribution in [3.05, 3.63) is 96.6 Å². The van der Waals surface area contributed by atoms with E-state index in [4.69, 9.17) is 9.15 Å². The number of rotatable bonds is 11. The molecule has 40 heavy (non-hydrogen) atoms. The number of alkyl carbamates (subject to hydrolysis) is 1. The Morgan fingerprint density at radius 1 is 0.875 bits per heavy atom. The fourth-order valence-corrected chi connectivity index (χ4v) is 5.63. The SMILES string of the molecule is CCCCOC(=O)NC(CC(=O)O)SCc1ccc(-c2ccc(-c3cccc4c3oc3ccccc34)cc2)cc1. The van der Waals surface area contributed by atoms with Crippen LogP contribution in [0.3, 0.4) is 0 Å². The second-order valence-electron chi connectivity index (χ2n) is 9.59. The van der Waals surface area contributed by atoms with Crippen LogP contribution < -0.4 is 5.32 Å². The quantitative estimate of drug-likeness (QED) is 0.126. The second-order valence-corrected chi connectivity index (χ2v) is 10.8. The maximum Gasteiger partial charge on any atom is 0.408 e. The Hall–Kier alpha value is -4.23. The van der Waals surface area contributed by atoms with Crippen LogP contribution in [0.25, 0.3) is 44.2 Å². The van der Waals surface area contributed by atoms with Crippen LogP contribution in [-0.4, -0.2) is 29.1 Å². The van der Waals surface area contributed by atoms with E-state index >= 15 is 0 Å². The van der Waals surface area contributed by atoms with E-state index in [2.05, 4.69) is 66.0 Å².